The zero-order valence-electron chi connectivity index (χ0n) is 14.5. The summed E-state index contributed by atoms with van der Waals surface area (Å²) in [4.78, 5) is 30.1. The number of carbonyl (C=O) groups excluding carboxylic acids is 2. The van der Waals surface area contributed by atoms with Crippen LogP contribution in [0.1, 0.15) is 23.2 Å². The standard InChI is InChI=1S/C18H15F3N4O3/c19-18(20,21)28-12-3-4-15-14(8-12)13(5-6-23-15)17(27)24-10-16(26)25-7-1-2-11(25)9-22/h3-6,8,11H,1-2,7,10H2,(H,24,27). The number of aromatic nitrogens is 1. The van der Waals surface area contributed by atoms with Gasteiger partial charge in [0.1, 0.15) is 11.8 Å². The lowest BCUT2D eigenvalue weighted by Gasteiger charge is -2.19. The van der Waals surface area contributed by atoms with E-state index in [0.717, 1.165) is 18.6 Å². The van der Waals surface area contributed by atoms with Crippen LogP contribution in [0.2, 0.25) is 0 Å². The predicted molar refractivity (Wildman–Crippen MR) is 91.1 cm³/mol. The molecule has 2 amide bonds. The monoisotopic (exact) mass is 392 g/mol. The topological polar surface area (TPSA) is 95.3 Å². The predicted octanol–water partition coefficient (Wildman–Crippen LogP) is 2.38. The van der Waals surface area contributed by atoms with Crippen molar-refractivity contribution >= 4 is 22.7 Å². The van der Waals surface area contributed by atoms with Crippen LogP contribution in [0.25, 0.3) is 10.9 Å². The van der Waals surface area contributed by atoms with Gasteiger partial charge >= 0.3 is 6.36 Å². The van der Waals surface area contributed by atoms with Crippen molar-refractivity contribution in [3.63, 3.8) is 0 Å². The molecule has 1 aromatic carbocycles. The number of pyridine rings is 1. The van der Waals surface area contributed by atoms with E-state index in [-0.39, 0.29) is 17.5 Å². The number of carbonyl (C=O) groups is 2. The first-order chi connectivity index (χ1) is 13.3. The molecule has 1 fully saturated rings. The zero-order chi connectivity index (χ0) is 20.3. The Morgan fingerprint density at radius 3 is 2.86 bits per heavy atom. The molecule has 1 saturated heterocycles. The van der Waals surface area contributed by atoms with Gasteiger partial charge in [0.15, 0.2) is 0 Å². The molecule has 1 aliphatic heterocycles. The van der Waals surface area contributed by atoms with Crippen molar-refractivity contribution < 1.29 is 27.5 Å². The van der Waals surface area contributed by atoms with E-state index in [9.17, 15) is 22.8 Å². The number of nitrogens with zero attached hydrogens (tertiary/aromatic N) is 3. The minimum atomic E-state index is -4.86. The summed E-state index contributed by atoms with van der Waals surface area (Å²) in [6.07, 6.45) is -2.21. The third-order valence-corrected chi connectivity index (χ3v) is 4.31. The maximum Gasteiger partial charge on any atom is 0.573 e. The average molecular weight is 392 g/mol. The average Bonchev–Trinajstić information content (AvgIpc) is 3.13. The Morgan fingerprint density at radius 1 is 1.36 bits per heavy atom. The van der Waals surface area contributed by atoms with Crippen LogP contribution in [0.15, 0.2) is 30.5 Å². The summed E-state index contributed by atoms with van der Waals surface area (Å²) in [6, 6.07) is 6.35. The lowest BCUT2D eigenvalue weighted by atomic mass is 10.1. The Morgan fingerprint density at radius 2 is 2.14 bits per heavy atom. The van der Waals surface area contributed by atoms with E-state index in [1.54, 1.807) is 0 Å². The van der Waals surface area contributed by atoms with Gasteiger partial charge in [-0.2, -0.15) is 5.26 Å². The summed E-state index contributed by atoms with van der Waals surface area (Å²) < 4.78 is 41.2. The fraction of sp³-hybridized carbons (Fsp3) is 0.333. The Hall–Kier alpha value is -3.35. The number of amides is 2. The molecule has 1 aliphatic rings. The molecule has 1 atom stereocenters. The molecule has 0 aliphatic carbocycles. The first kappa shape index (κ1) is 19.4. The number of hydrogen-bond acceptors (Lipinski definition) is 5. The summed E-state index contributed by atoms with van der Waals surface area (Å²) in [6.45, 7) is 0.128. The van der Waals surface area contributed by atoms with E-state index in [4.69, 9.17) is 5.26 Å². The van der Waals surface area contributed by atoms with Gasteiger partial charge in [0, 0.05) is 18.1 Å². The van der Waals surface area contributed by atoms with E-state index in [0.29, 0.717) is 18.5 Å². The van der Waals surface area contributed by atoms with Crippen LogP contribution in [0.5, 0.6) is 5.75 Å². The van der Waals surface area contributed by atoms with Gasteiger partial charge in [-0.05, 0) is 37.1 Å². The summed E-state index contributed by atoms with van der Waals surface area (Å²) >= 11 is 0. The van der Waals surface area contributed by atoms with Crippen molar-refractivity contribution in [1.29, 1.82) is 5.26 Å². The number of hydrogen-bond donors (Lipinski definition) is 1. The number of nitrogens with one attached hydrogen (secondary N) is 1. The minimum Gasteiger partial charge on any atom is -0.406 e. The molecule has 0 radical (unpaired) electrons. The number of halogens is 3. The lowest BCUT2D eigenvalue weighted by molar-refractivity contribution is -0.274. The van der Waals surface area contributed by atoms with Gasteiger partial charge in [-0.1, -0.05) is 0 Å². The molecule has 1 N–H and O–H groups in total. The quantitative estimate of drug-likeness (QED) is 0.862. The van der Waals surface area contributed by atoms with Gasteiger partial charge in [0.05, 0.1) is 23.7 Å². The summed E-state index contributed by atoms with van der Waals surface area (Å²) in [5.41, 5.74) is 0.362. The van der Waals surface area contributed by atoms with Gasteiger partial charge in [-0.15, -0.1) is 13.2 Å². The van der Waals surface area contributed by atoms with Gasteiger partial charge in [0.25, 0.3) is 5.91 Å². The minimum absolute atomic E-state index is 0.0590. The number of alkyl halides is 3. The maximum absolute atomic E-state index is 12.5. The van der Waals surface area contributed by atoms with Crippen LogP contribution >= 0.6 is 0 Å². The number of nitriles is 1. The first-order valence-electron chi connectivity index (χ1n) is 8.40. The molecule has 2 aromatic rings. The van der Waals surface area contributed by atoms with Crippen molar-refractivity contribution in [1.82, 2.24) is 15.2 Å². The molecule has 1 aromatic heterocycles. The highest BCUT2D eigenvalue weighted by Crippen LogP contribution is 2.27. The fourth-order valence-electron chi connectivity index (χ4n) is 3.07. The van der Waals surface area contributed by atoms with Crippen LogP contribution in [-0.4, -0.2) is 47.2 Å². The van der Waals surface area contributed by atoms with Crippen molar-refractivity contribution in [3.8, 4) is 11.8 Å². The van der Waals surface area contributed by atoms with E-state index >= 15 is 0 Å². The number of benzene rings is 1. The van der Waals surface area contributed by atoms with Crippen LogP contribution in [-0.2, 0) is 4.79 Å². The summed E-state index contributed by atoms with van der Waals surface area (Å²) in [7, 11) is 0. The normalized spacial score (nSPS) is 16.6. The second-order valence-electron chi connectivity index (χ2n) is 6.14. The van der Waals surface area contributed by atoms with Crippen molar-refractivity contribution in [3.05, 3.63) is 36.0 Å². The van der Waals surface area contributed by atoms with Gasteiger partial charge in [0.2, 0.25) is 5.91 Å². The lowest BCUT2D eigenvalue weighted by Crippen LogP contribution is -2.42. The maximum atomic E-state index is 12.5. The SMILES string of the molecule is N#CC1CCCN1C(=O)CNC(=O)c1ccnc2ccc(OC(F)(F)F)cc12. The highest BCUT2D eigenvalue weighted by atomic mass is 19.4. The van der Waals surface area contributed by atoms with Crippen LogP contribution in [0.3, 0.4) is 0 Å². The first-order valence-corrected chi connectivity index (χ1v) is 8.40. The second-order valence-corrected chi connectivity index (χ2v) is 6.14. The molecule has 3 rings (SSSR count). The molecule has 2 heterocycles. The highest BCUT2D eigenvalue weighted by molar-refractivity contribution is 6.07. The molecule has 0 bridgehead atoms. The number of likely N-dealkylation sites (tertiary alicyclic amines) is 1. The van der Waals surface area contributed by atoms with Gasteiger partial charge in [-0.3, -0.25) is 14.6 Å². The Labute approximate surface area is 157 Å². The van der Waals surface area contributed by atoms with Crippen molar-refractivity contribution in [2.45, 2.75) is 25.2 Å². The van der Waals surface area contributed by atoms with Gasteiger partial charge < -0.3 is 15.0 Å². The van der Waals surface area contributed by atoms with E-state index < -0.39 is 30.0 Å². The number of ether oxygens (including phenoxy) is 1. The fourth-order valence-corrected chi connectivity index (χ4v) is 3.07. The molecule has 7 nitrogen and oxygen atoms in total. The Bertz CT molecular complexity index is 955. The van der Waals surface area contributed by atoms with E-state index in [1.165, 1.54) is 23.2 Å². The number of rotatable bonds is 4. The molecule has 146 valence electrons. The zero-order valence-corrected chi connectivity index (χ0v) is 14.5. The molecule has 28 heavy (non-hydrogen) atoms. The van der Waals surface area contributed by atoms with E-state index in [1.807, 2.05) is 6.07 Å². The largest absolute Gasteiger partial charge is 0.573 e. The Kier molecular flexibility index (Phi) is 5.35. The third-order valence-electron chi connectivity index (χ3n) is 4.31. The molecular formula is C18H15F3N4O3. The Balaban J connectivity index is 1.76. The summed E-state index contributed by atoms with van der Waals surface area (Å²) in [5, 5.41) is 11.6. The number of fused-ring (bicyclic) bond motifs is 1. The highest BCUT2D eigenvalue weighted by Gasteiger charge is 2.31. The summed E-state index contributed by atoms with van der Waals surface area (Å²) in [5.74, 6) is -1.51. The molecule has 1 unspecified atom stereocenters. The third kappa shape index (κ3) is 4.31. The molecule has 0 spiro atoms. The molecule has 0 saturated carbocycles. The molecular weight excluding hydrogens is 377 g/mol. The smallest absolute Gasteiger partial charge is 0.406 e. The van der Waals surface area contributed by atoms with E-state index in [2.05, 4.69) is 15.0 Å². The second kappa shape index (κ2) is 7.72. The van der Waals surface area contributed by atoms with Crippen LogP contribution < -0.4 is 10.1 Å². The van der Waals surface area contributed by atoms with Crippen LogP contribution in [0.4, 0.5) is 13.2 Å². The molecule has 10 heteroatoms. The van der Waals surface area contributed by atoms with Crippen molar-refractivity contribution in [2.75, 3.05) is 13.1 Å². The van der Waals surface area contributed by atoms with Crippen LogP contribution in [0, 0.1) is 11.3 Å². The van der Waals surface area contributed by atoms with Crippen molar-refractivity contribution in [2.24, 2.45) is 0 Å². The van der Waals surface area contributed by atoms with Gasteiger partial charge in [-0.25, -0.2) is 0 Å².